The Morgan fingerprint density at radius 3 is 2.19 bits per heavy atom. The largest absolute Gasteiger partial charge is 0.466 e. The van der Waals surface area contributed by atoms with Crippen molar-refractivity contribution in [2.75, 3.05) is 14.2 Å². The molecule has 0 rings (SSSR count). The van der Waals surface area contributed by atoms with Gasteiger partial charge in [-0.05, 0) is 19.9 Å². The van der Waals surface area contributed by atoms with E-state index in [0.29, 0.717) is 0 Å². The summed E-state index contributed by atoms with van der Waals surface area (Å²) < 4.78 is 8.97. The molecule has 0 unspecified atom stereocenters. The summed E-state index contributed by atoms with van der Waals surface area (Å²) in [4.78, 5) is 22.1. The van der Waals surface area contributed by atoms with Crippen molar-refractivity contribution in [3.8, 4) is 0 Å². The molecule has 90 valence electrons. The van der Waals surface area contributed by atoms with Crippen LogP contribution in [0.5, 0.6) is 0 Å². The molecule has 0 aromatic rings. The number of carbonyl (C=O) groups excluding carboxylic acids is 2. The quantitative estimate of drug-likeness (QED) is 0.427. The van der Waals surface area contributed by atoms with E-state index in [1.807, 2.05) is 13.8 Å². The fourth-order valence-corrected chi connectivity index (χ4v) is 0.775. The highest BCUT2D eigenvalue weighted by Gasteiger charge is 2.06. The van der Waals surface area contributed by atoms with E-state index in [0.717, 1.165) is 6.08 Å². The highest BCUT2D eigenvalue weighted by atomic mass is 16.5. The zero-order chi connectivity index (χ0) is 12.6. The molecule has 0 amide bonds. The highest BCUT2D eigenvalue weighted by molar-refractivity contribution is 5.93. The number of hydrogen-bond acceptors (Lipinski definition) is 5. The van der Waals surface area contributed by atoms with Crippen LogP contribution in [-0.2, 0) is 19.1 Å². The lowest BCUT2D eigenvalue weighted by molar-refractivity contribution is -0.135. The van der Waals surface area contributed by atoms with Crippen LogP contribution in [0, 0.1) is 0 Å². The molecule has 0 aromatic carbocycles. The van der Waals surface area contributed by atoms with Gasteiger partial charge in [-0.15, -0.1) is 0 Å². The van der Waals surface area contributed by atoms with Gasteiger partial charge < -0.3 is 14.8 Å². The molecule has 0 bridgehead atoms. The minimum atomic E-state index is -0.528. The molecule has 5 heteroatoms. The van der Waals surface area contributed by atoms with Crippen molar-refractivity contribution in [1.29, 1.82) is 0 Å². The van der Waals surface area contributed by atoms with E-state index >= 15 is 0 Å². The summed E-state index contributed by atoms with van der Waals surface area (Å²) in [6.45, 7) is 3.85. The zero-order valence-corrected chi connectivity index (χ0v) is 9.94. The first-order valence-electron chi connectivity index (χ1n) is 4.81. The van der Waals surface area contributed by atoms with Gasteiger partial charge in [-0.1, -0.05) is 0 Å². The van der Waals surface area contributed by atoms with Crippen molar-refractivity contribution >= 4 is 11.9 Å². The normalized spacial score (nSPS) is 11.7. The lowest BCUT2D eigenvalue weighted by Gasteiger charge is -2.05. The Labute approximate surface area is 95.1 Å². The number of rotatable bonds is 5. The fraction of sp³-hybridized carbons (Fsp3) is 0.455. The number of methoxy groups -OCH3 is 2. The second kappa shape index (κ2) is 7.50. The topological polar surface area (TPSA) is 64.6 Å². The molecule has 0 fully saturated rings. The van der Waals surface area contributed by atoms with Crippen molar-refractivity contribution in [2.45, 2.75) is 19.9 Å². The molecule has 0 spiro atoms. The molecule has 0 aliphatic rings. The summed E-state index contributed by atoms with van der Waals surface area (Å²) in [7, 11) is 2.54. The van der Waals surface area contributed by atoms with Gasteiger partial charge in [0.1, 0.15) is 0 Å². The van der Waals surface area contributed by atoms with Gasteiger partial charge in [-0.3, -0.25) is 0 Å². The van der Waals surface area contributed by atoms with Gasteiger partial charge in [0.2, 0.25) is 0 Å². The molecule has 0 heterocycles. The Balaban J connectivity index is 4.68. The van der Waals surface area contributed by atoms with E-state index in [4.69, 9.17) is 0 Å². The summed E-state index contributed by atoms with van der Waals surface area (Å²) in [6.07, 6.45) is 3.99. The molecule has 0 atom stereocenters. The third-order valence-corrected chi connectivity index (χ3v) is 1.59. The van der Waals surface area contributed by atoms with Gasteiger partial charge in [0.05, 0.1) is 19.8 Å². The van der Waals surface area contributed by atoms with Crippen LogP contribution in [0.3, 0.4) is 0 Å². The Morgan fingerprint density at radius 2 is 1.75 bits per heavy atom. The number of hydrogen-bond donors (Lipinski definition) is 1. The Hall–Kier alpha value is -1.78. The Morgan fingerprint density at radius 1 is 1.12 bits per heavy atom. The van der Waals surface area contributed by atoms with Gasteiger partial charge >= 0.3 is 11.9 Å². The Bertz CT molecular complexity index is 305. The van der Waals surface area contributed by atoms with Crippen LogP contribution in [0.25, 0.3) is 0 Å². The second-order valence-corrected chi connectivity index (χ2v) is 3.27. The molecule has 0 saturated carbocycles. The van der Waals surface area contributed by atoms with E-state index in [-0.39, 0.29) is 11.6 Å². The van der Waals surface area contributed by atoms with Crippen molar-refractivity contribution in [3.63, 3.8) is 0 Å². The van der Waals surface area contributed by atoms with Crippen LogP contribution in [0.2, 0.25) is 0 Å². The third-order valence-electron chi connectivity index (χ3n) is 1.59. The molecule has 1 N–H and O–H groups in total. The van der Waals surface area contributed by atoms with Crippen LogP contribution < -0.4 is 5.32 Å². The van der Waals surface area contributed by atoms with E-state index < -0.39 is 11.9 Å². The van der Waals surface area contributed by atoms with Crippen molar-refractivity contribution in [1.82, 2.24) is 5.32 Å². The summed E-state index contributed by atoms with van der Waals surface area (Å²) in [5.74, 6) is -1.05. The third kappa shape index (κ3) is 5.85. The second-order valence-electron chi connectivity index (χ2n) is 3.27. The summed E-state index contributed by atoms with van der Waals surface area (Å²) in [6, 6.07) is 0.186. The van der Waals surface area contributed by atoms with Gasteiger partial charge in [-0.25, -0.2) is 9.59 Å². The fourth-order valence-electron chi connectivity index (χ4n) is 0.775. The molecule has 0 aliphatic carbocycles. The zero-order valence-electron chi connectivity index (χ0n) is 9.94. The molecular formula is C11H17NO4. The molecule has 0 aliphatic heterocycles. The maximum Gasteiger partial charge on any atom is 0.339 e. The van der Waals surface area contributed by atoms with Gasteiger partial charge in [0.25, 0.3) is 0 Å². The predicted octanol–water partition coefficient (Wildman–Crippen LogP) is 0.770. The standard InChI is InChI=1S/C11H17NO4/c1-8(2)12-7-9(11(14)16-4)5-6-10(13)15-3/h5-8,12H,1-4H3/b6-5+,9-7-. The van der Waals surface area contributed by atoms with Gasteiger partial charge in [0.15, 0.2) is 0 Å². The molecular weight excluding hydrogens is 210 g/mol. The first-order chi connectivity index (χ1) is 7.51. The summed E-state index contributed by atoms with van der Waals surface area (Å²) in [5.41, 5.74) is 0.251. The molecule has 0 saturated heterocycles. The number of ether oxygens (including phenoxy) is 2. The monoisotopic (exact) mass is 227 g/mol. The van der Waals surface area contributed by atoms with Crippen molar-refractivity contribution < 1.29 is 19.1 Å². The average Bonchev–Trinajstić information content (AvgIpc) is 2.27. The minimum Gasteiger partial charge on any atom is -0.466 e. The van der Waals surface area contributed by atoms with Crippen LogP contribution in [0.4, 0.5) is 0 Å². The van der Waals surface area contributed by atoms with Gasteiger partial charge in [0, 0.05) is 18.3 Å². The maximum absolute atomic E-state index is 11.3. The van der Waals surface area contributed by atoms with Crippen molar-refractivity contribution in [2.24, 2.45) is 0 Å². The molecule has 0 aromatic heterocycles. The number of nitrogens with one attached hydrogen (secondary N) is 1. The van der Waals surface area contributed by atoms with E-state index in [1.54, 1.807) is 0 Å². The number of esters is 2. The first-order valence-corrected chi connectivity index (χ1v) is 4.81. The molecule has 16 heavy (non-hydrogen) atoms. The minimum absolute atomic E-state index is 0.186. The Kier molecular flexibility index (Phi) is 6.67. The first kappa shape index (κ1) is 14.2. The van der Waals surface area contributed by atoms with E-state index in [1.165, 1.54) is 26.5 Å². The highest BCUT2D eigenvalue weighted by Crippen LogP contribution is 1.99. The van der Waals surface area contributed by atoms with E-state index in [2.05, 4.69) is 14.8 Å². The predicted molar refractivity (Wildman–Crippen MR) is 59.5 cm³/mol. The smallest absolute Gasteiger partial charge is 0.339 e. The number of carbonyl (C=O) groups is 2. The van der Waals surface area contributed by atoms with Crippen LogP contribution in [-0.4, -0.2) is 32.2 Å². The molecule has 5 nitrogen and oxygen atoms in total. The maximum atomic E-state index is 11.3. The summed E-state index contributed by atoms with van der Waals surface area (Å²) in [5, 5.41) is 2.94. The van der Waals surface area contributed by atoms with Gasteiger partial charge in [-0.2, -0.15) is 0 Å². The SMILES string of the molecule is COC(=O)/C=C/C(=C/NC(C)C)C(=O)OC. The summed E-state index contributed by atoms with van der Waals surface area (Å²) >= 11 is 0. The van der Waals surface area contributed by atoms with Crippen LogP contribution >= 0.6 is 0 Å². The molecule has 0 radical (unpaired) electrons. The van der Waals surface area contributed by atoms with Crippen LogP contribution in [0.15, 0.2) is 23.9 Å². The lowest BCUT2D eigenvalue weighted by Crippen LogP contribution is -2.18. The van der Waals surface area contributed by atoms with Crippen LogP contribution in [0.1, 0.15) is 13.8 Å². The van der Waals surface area contributed by atoms with Crippen molar-refractivity contribution in [3.05, 3.63) is 23.9 Å². The van der Waals surface area contributed by atoms with E-state index in [9.17, 15) is 9.59 Å². The lowest BCUT2D eigenvalue weighted by atomic mass is 10.2. The average molecular weight is 227 g/mol.